The summed E-state index contributed by atoms with van der Waals surface area (Å²) in [6.07, 6.45) is 2.95. The predicted molar refractivity (Wildman–Crippen MR) is 109 cm³/mol. The van der Waals surface area contributed by atoms with Gasteiger partial charge in [0.05, 0.1) is 0 Å². The Morgan fingerprint density at radius 3 is 2.23 bits per heavy atom. The van der Waals surface area contributed by atoms with E-state index in [0.29, 0.717) is 11.8 Å². The Labute approximate surface area is 157 Å². The first-order valence-corrected chi connectivity index (χ1v) is 9.64. The molecule has 0 saturated carbocycles. The maximum Gasteiger partial charge on any atom is 0.225 e. The highest BCUT2D eigenvalue weighted by atomic mass is 16.2. The van der Waals surface area contributed by atoms with Crippen molar-refractivity contribution in [2.45, 2.75) is 32.1 Å². The minimum Gasteiger partial charge on any atom is -0.378 e. The zero-order chi connectivity index (χ0) is 18.5. The number of hydrogen-bond donors (Lipinski definition) is 0. The molecule has 1 heterocycles. The van der Waals surface area contributed by atoms with Gasteiger partial charge in [-0.05, 0) is 48.4 Å². The average Bonchev–Trinajstić information content (AvgIpc) is 2.68. The summed E-state index contributed by atoms with van der Waals surface area (Å²) in [4.78, 5) is 17.0. The largest absolute Gasteiger partial charge is 0.378 e. The maximum absolute atomic E-state index is 12.8. The minimum absolute atomic E-state index is 0.0494. The van der Waals surface area contributed by atoms with E-state index in [4.69, 9.17) is 0 Å². The van der Waals surface area contributed by atoms with Crippen LogP contribution in [0, 0.1) is 5.92 Å². The first-order chi connectivity index (χ1) is 12.5. The standard InChI is InChI=1S/C23H30N2O/c1-18(17-19-7-5-4-6-8-19)23(26)25-15-13-21(14-16-25)20-9-11-22(12-10-20)24(2)3/h4-12,18,21H,13-17H2,1-3H3/t18-/m1/s1. The molecule has 1 amide bonds. The van der Waals surface area contributed by atoms with Gasteiger partial charge in [0.15, 0.2) is 0 Å². The van der Waals surface area contributed by atoms with Gasteiger partial charge in [-0.25, -0.2) is 0 Å². The van der Waals surface area contributed by atoms with Crippen LogP contribution in [0.4, 0.5) is 5.69 Å². The van der Waals surface area contributed by atoms with Crippen molar-refractivity contribution in [1.29, 1.82) is 0 Å². The number of benzene rings is 2. The quantitative estimate of drug-likeness (QED) is 0.801. The fraction of sp³-hybridized carbons (Fsp3) is 0.435. The summed E-state index contributed by atoms with van der Waals surface area (Å²) >= 11 is 0. The Kier molecular flexibility index (Phi) is 5.97. The van der Waals surface area contributed by atoms with Gasteiger partial charge in [-0.3, -0.25) is 4.79 Å². The molecule has 26 heavy (non-hydrogen) atoms. The van der Waals surface area contributed by atoms with E-state index >= 15 is 0 Å². The molecule has 0 N–H and O–H groups in total. The van der Waals surface area contributed by atoms with Crippen molar-refractivity contribution in [2.24, 2.45) is 5.92 Å². The molecule has 1 aliphatic rings. The normalized spacial score (nSPS) is 16.3. The van der Waals surface area contributed by atoms with Crippen LogP contribution in [-0.4, -0.2) is 38.0 Å². The van der Waals surface area contributed by atoms with E-state index < -0.39 is 0 Å². The highest BCUT2D eigenvalue weighted by Gasteiger charge is 2.26. The summed E-state index contributed by atoms with van der Waals surface area (Å²) in [5.74, 6) is 0.920. The van der Waals surface area contributed by atoms with Crippen molar-refractivity contribution in [3.63, 3.8) is 0 Å². The summed E-state index contributed by atoms with van der Waals surface area (Å²) in [6, 6.07) is 19.2. The fourth-order valence-corrected chi connectivity index (χ4v) is 3.84. The zero-order valence-corrected chi connectivity index (χ0v) is 16.2. The van der Waals surface area contributed by atoms with Gasteiger partial charge in [0.1, 0.15) is 0 Å². The number of piperidine rings is 1. The summed E-state index contributed by atoms with van der Waals surface area (Å²) in [5, 5.41) is 0. The van der Waals surface area contributed by atoms with Crippen LogP contribution in [0.3, 0.4) is 0 Å². The topological polar surface area (TPSA) is 23.6 Å². The van der Waals surface area contributed by atoms with Crippen LogP contribution in [-0.2, 0) is 11.2 Å². The van der Waals surface area contributed by atoms with Crippen LogP contribution in [0.25, 0.3) is 0 Å². The molecule has 3 heteroatoms. The molecule has 0 radical (unpaired) electrons. The highest BCUT2D eigenvalue weighted by molar-refractivity contribution is 5.79. The number of nitrogens with zero attached hydrogens (tertiary/aromatic N) is 2. The Hall–Kier alpha value is -2.29. The number of amides is 1. The summed E-state index contributed by atoms with van der Waals surface area (Å²) in [5.41, 5.74) is 3.88. The number of hydrogen-bond acceptors (Lipinski definition) is 2. The lowest BCUT2D eigenvalue weighted by Gasteiger charge is -2.34. The van der Waals surface area contributed by atoms with Gasteiger partial charge in [-0.15, -0.1) is 0 Å². The molecule has 1 atom stereocenters. The molecular weight excluding hydrogens is 320 g/mol. The fourth-order valence-electron chi connectivity index (χ4n) is 3.84. The molecule has 0 spiro atoms. The van der Waals surface area contributed by atoms with E-state index in [-0.39, 0.29) is 5.92 Å². The number of anilines is 1. The summed E-state index contributed by atoms with van der Waals surface area (Å²) in [7, 11) is 4.13. The number of likely N-dealkylation sites (tertiary alicyclic amines) is 1. The first kappa shape index (κ1) is 18.5. The molecule has 0 unspecified atom stereocenters. The maximum atomic E-state index is 12.8. The van der Waals surface area contributed by atoms with Gasteiger partial charge in [-0.1, -0.05) is 49.4 Å². The first-order valence-electron chi connectivity index (χ1n) is 9.64. The van der Waals surface area contributed by atoms with Crippen molar-refractivity contribution in [2.75, 3.05) is 32.1 Å². The lowest BCUT2D eigenvalue weighted by Crippen LogP contribution is -2.41. The van der Waals surface area contributed by atoms with E-state index in [1.165, 1.54) is 16.8 Å². The van der Waals surface area contributed by atoms with Crippen molar-refractivity contribution in [3.05, 3.63) is 65.7 Å². The second-order valence-electron chi connectivity index (χ2n) is 7.68. The molecule has 3 rings (SSSR count). The van der Waals surface area contributed by atoms with E-state index in [1.54, 1.807) is 0 Å². The van der Waals surface area contributed by atoms with Crippen molar-refractivity contribution in [3.8, 4) is 0 Å². The number of carbonyl (C=O) groups excluding carboxylic acids is 1. The van der Waals surface area contributed by atoms with Gasteiger partial charge in [0, 0.05) is 38.8 Å². The third-order valence-corrected chi connectivity index (χ3v) is 5.49. The second-order valence-corrected chi connectivity index (χ2v) is 7.68. The molecular formula is C23H30N2O. The van der Waals surface area contributed by atoms with Gasteiger partial charge >= 0.3 is 0 Å². The van der Waals surface area contributed by atoms with Crippen LogP contribution in [0.1, 0.15) is 36.8 Å². The molecule has 0 bridgehead atoms. The smallest absolute Gasteiger partial charge is 0.225 e. The Morgan fingerprint density at radius 1 is 1.04 bits per heavy atom. The summed E-state index contributed by atoms with van der Waals surface area (Å²) < 4.78 is 0. The van der Waals surface area contributed by atoms with Gasteiger partial charge < -0.3 is 9.80 Å². The summed E-state index contributed by atoms with van der Waals surface area (Å²) in [6.45, 7) is 3.80. The molecule has 2 aromatic carbocycles. The minimum atomic E-state index is 0.0494. The SMILES string of the molecule is C[C@H](Cc1ccccc1)C(=O)N1CCC(c2ccc(N(C)C)cc2)CC1. The molecule has 0 aromatic heterocycles. The molecule has 0 aliphatic carbocycles. The van der Waals surface area contributed by atoms with E-state index in [2.05, 4.69) is 67.2 Å². The molecule has 1 aliphatic heterocycles. The van der Waals surface area contributed by atoms with Crippen molar-refractivity contribution in [1.82, 2.24) is 4.90 Å². The van der Waals surface area contributed by atoms with E-state index in [1.807, 2.05) is 18.2 Å². The van der Waals surface area contributed by atoms with Gasteiger partial charge in [0.2, 0.25) is 5.91 Å². The van der Waals surface area contributed by atoms with Crippen LogP contribution in [0.5, 0.6) is 0 Å². The number of carbonyl (C=O) groups is 1. The Morgan fingerprint density at radius 2 is 1.65 bits per heavy atom. The number of rotatable bonds is 5. The second kappa shape index (κ2) is 8.39. The predicted octanol–water partition coefficient (Wildman–Crippen LogP) is 4.34. The molecule has 2 aromatic rings. The van der Waals surface area contributed by atoms with Crippen LogP contribution in [0.15, 0.2) is 54.6 Å². The molecule has 138 valence electrons. The third-order valence-electron chi connectivity index (χ3n) is 5.49. The monoisotopic (exact) mass is 350 g/mol. The third kappa shape index (κ3) is 4.46. The van der Waals surface area contributed by atoms with Crippen LogP contribution >= 0.6 is 0 Å². The molecule has 1 fully saturated rings. The Bertz CT molecular complexity index is 701. The highest BCUT2D eigenvalue weighted by Crippen LogP contribution is 2.30. The van der Waals surface area contributed by atoms with Crippen LogP contribution < -0.4 is 4.90 Å². The van der Waals surface area contributed by atoms with Crippen LogP contribution in [0.2, 0.25) is 0 Å². The van der Waals surface area contributed by atoms with Crippen molar-refractivity contribution >= 4 is 11.6 Å². The van der Waals surface area contributed by atoms with Gasteiger partial charge in [0.25, 0.3) is 0 Å². The van der Waals surface area contributed by atoms with Gasteiger partial charge in [-0.2, -0.15) is 0 Å². The lowest BCUT2D eigenvalue weighted by molar-refractivity contribution is -0.136. The molecule has 1 saturated heterocycles. The van der Waals surface area contributed by atoms with Crippen molar-refractivity contribution < 1.29 is 4.79 Å². The average molecular weight is 351 g/mol. The molecule has 3 nitrogen and oxygen atoms in total. The van der Waals surface area contributed by atoms with E-state index in [0.717, 1.165) is 32.4 Å². The lowest BCUT2D eigenvalue weighted by atomic mass is 9.88. The zero-order valence-electron chi connectivity index (χ0n) is 16.2. The van der Waals surface area contributed by atoms with E-state index in [9.17, 15) is 4.79 Å². The Balaban J connectivity index is 1.53.